The molecule has 0 atom stereocenters. The van der Waals surface area contributed by atoms with Crippen LogP contribution in [0.5, 0.6) is 0 Å². The van der Waals surface area contributed by atoms with E-state index in [2.05, 4.69) is 5.10 Å². The van der Waals surface area contributed by atoms with Gasteiger partial charge in [-0.25, -0.2) is 9.48 Å². The van der Waals surface area contributed by atoms with Crippen LogP contribution in [0.2, 0.25) is 0 Å². The molecule has 0 aliphatic heterocycles. The summed E-state index contributed by atoms with van der Waals surface area (Å²) in [6.45, 7) is 3.92. The van der Waals surface area contributed by atoms with Gasteiger partial charge in [-0.1, -0.05) is 18.2 Å². The minimum Gasteiger partial charge on any atom is -0.477 e. The van der Waals surface area contributed by atoms with Crippen LogP contribution in [0.15, 0.2) is 30.3 Å². The van der Waals surface area contributed by atoms with Crippen molar-refractivity contribution in [1.29, 1.82) is 0 Å². The number of hydrogen-bond donors (Lipinski definition) is 1. The average molecular weight is 272 g/mol. The Balaban J connectivity index is 2.30. The Morgan fingerprint density at radius 3 is 2.74 bits per heavy atom. The third-order valence-corrected chi connectivity index (χ3v) is 4.20. The van der Waals surface area contributed by atoms with Gasteiger partial charge in [-0.2, -0.15) is 5.10 Å². The van der Waals surface area contributed by atoms with Crippen LogP contribution in [-0.4, -0.2) is 20.9 Å². The van der Waals surface area contributed by atoms with Crippen molar-refractivity contribution in [2.45, 2.75) is 13.8 Å². The summed E-state index contributed by atoms with van der Waals surface area (Å²) in [6.07, 6.45) is 0. The molecule has 2 aromatic heterocycles. The molecule has 1 aromatic carbocycles. The van der Waals surface area contributed by atoms with Crippen molar-refractivity contribution in [2.75, 3.05) is 0 Å². The third-order valence-electron chi connectivity index (χ3n) is 3.10. The number of aromatic nitrogens is 2. The van der Waals surface area contributed by atoms with Crippen LogP contribution in [0.3, 0.4) is 0 Å². The summed E-state index contributed by atoms with van der Waals surface area (Å²) in [5.74, 6) is -0.892. The lowest BCUT2D eigenvalue weighted by atomic mass is 10.2. The molecule has 96 valence electrons. The zero-order valence-electron chi connectivity index (χ0n) is 10.5. The second kappa shape index (κ2) is 4.20. The highest BCUT2D eigenvalue weighted by Crippen LogP contribution is 2.31. The standard InChI is InChI=1S/C14H12N2O2S/c1-8-5-3-4-6-11(8)16-13-10(9(2)15-16)7-12(19-13)14(17)18/h3-7H,1-2H3,(H,17,18). The SMILES string of the molecule is Cc1ccccc1-n1nc(C)c2cc(C(=O)O)sc21. The molecule has 3 aromatic rings. The minimum absolute atomic E-state index is 0.345. The molecule has 0 unspecified atom stereocenters. The Bertz CT molecular complexity index is 786. The fourth-order valence-corrected chi connectivity index (χ4v) is 3.13. The van der Waals surface area contributed by atoms with E-state index in [9.17, 15) is 4.79 Å². The summed E-state index contributed by atoms with van der Waals surface area (Å²) < 4.78 is 1.83. The van der Waals surface area contributed by atoms with Crippen LogP contribution in [0.1, 0.15) is 20.9 Å². The van der Waals surface area contributed by atoms with Crippen molar-refractivity contribution in [1.82, 2.24) is 9.78 Å². The van der Waals surface area contributed by atoms with Gasteiger partial charge in [0, 0.05) is 5.39 Å². The topological polar surface area (TPSA) is 55.1 Å². The number of carboxylic acids is 1. The Morgan fingerprint density at radius 2 is 2.05 bits per heavy atom. The zero-order valence-corrected chi connectivity index (χ0v) is 11.4. The minimum atomic E-state index is -0.892. The van der Waals surface area contributed by atoms with Gasteiger partial charge in [-0.15, -0.1) is 11.3 Å². The Labute approximate surface area is 113 Å². The first-order valence-corrected chi connectivity index (χ1v) is 6.68. The number of para-hydroxylation sites is 1. The van der Waals surface area contributed by atoms with Gasteiger partial charge in [0.1, 0.15) is 9.71 Å². The fourth-order valence-electron chi connectivity index (χ4n) is 2.12. The van der Waals surface area contributed by atoms with E-state index in [1.54, 1.807) is 6.07 Å². The summed E-state index contributed by atoms with van der Waals surface area (Å²) in [7, 11) is 0. The van der Waals surface area contributed by atoms with E-state index in [0.29, 0.717) is 4.88 Å². The number of aryl methyl sites for hydroxylation is 2. The van der Waals surface area contributed by atoms with Crippen molar-refractivity contribution in [2.24, 2.45) is 0 Å². The highest BCUT2D eigenvalue weighted by molar-refractivity contribution is 7.20. The Hall–Kier alpha value is -2.14. The summed E-state index contributed by atoms with van der Waals surface area (Å²) in [5, 5.41) is 14.5. The number of thiophene rings is 1. The molecule has 0 saturated heterocycles. The number of fused-ring (bicyclic) bond motifs is 1. The highest BCUT2D eigenvalue weighted by atomic mass is 32.1. The molecule has 0 aliphatic rings. The molecular formula is C14H12N2O2S. The highest BCUT2D eigenvalue weighted by Gasteiger charge is 2.16. The zero-order chi connectivity index (χ0) is 13.6. The summed E-state index contributed by atoms with van der Waals surface area (Å²) in [5.41, 5.74) is 2.94. The first-order valence-electron chi connectivity index (χ1n) is 5.86. The molecule has 2 heterocycles. The lowest BCUT2D eigenvalue weighted by Crippen LogP contribution is -1.98. The van der Waals surface area contributed by atoms with E-state index in [1.165, 1.54) is 11.3 Å². The summed E-state index contributed by atoms with van der Waals surface area (Å²) in [6, 6.07) is 9.63. The lowest BCUT2D eigenvalue weighted by Gasteiger charge is -2.05. The maximum absolute atomic E-state index is 11.1. The molecule has 0 spiro atoms. The number of aromatic carboxylic acids is 1. The fraction of sp³-hybridized carbons (Fsp3) is 0.143. The monoisotopic (exact) mass is 272 g/mol. The largest absolute Gasteiger partial charge is 0.477 e. The first-order chi connectivity index (χ1) is 9.08. The molecule has 1 N–H and O–H groups in total. The molecule has 0 aliphatic carbocycles. The normalized spacial score (nSPS) is 11.1. The number of nitrogens with zero attached hydrogens (tertiary/aromatic N) is 2. The average Bonchev–Trinajstić information content (AvgIpc) is 2.92. The van der Waals surface area contributed by atoms with Crippen LogP contribution >= 0.6 is 11.3 Å². The van der Waals surface area contributed by atoms with Gasteiger partial charge in [0.05, 0.1) is 11.4 Å². The number of rotatable bonds is 2. The first kappa shape index (κ1) is 11.9. The van der Waals surface area contributed by atoms with Gasteiger partial charge in [0.25, 0.3) is 0 Å². The van der Waals surface area contributed by atoms with Gasteiger partial charge in [-0.3, -0.25) is 0 Å². The molecule has 0 saturated carbocycles. The van der Waals surface area contributed by atoms with Crippen LogP contribution in [-0.2, 0) is 0 Å². The number of carbonyl (C=O) groups is 1. The lowest BCUT2D eigenvalue weighted by molar-refractivity contribution is 0.0702. The van der Waals surface area contributed by atoms with Crippen LogP contribution in [0, 0.1) is 13.8 Å². The molecule has 0 fully saturated rings. The second-order valence-corrected chi connectivity index (χ2v) is 5.45. The molecule has 5 heteroatoms. The van der Waals surface area contributed by atoms with Crippen molar-refractivity contribution in [3.8, 4) is 5.69 Å². The van der Waals surface area contributed by atoms with E-state index >= 15 is 0 Å². The van der Waals surface area contributed by atoms with E-state index in [4.69, 9.17) is 5.11 Å². The van der Waals surface area contributed by atoms with Crippen molar-refractivity contribution in [3.05, 3.63) is 46.5 Å². The van der Waals surface area contributed by atoms with E-state index in [0.717, 1.165) is 27.2 Å². The van der Waals surface area contributed by atoms with Crippen molar-refractivity contribution < 1.29 is 9.90 Å². The van der Waals surface area contributed by atoms with E-state index in [1.807, 2.05) is 42.8 Å². The molecule has 19 heavy (non-hydrogen) atoms. The molecule has 0 radical (unpaired) electrons. The van der Waals surface area contributed by atoms with Gasteiger partial charge < -0.3 is 5.11 Å². The van der Waals surface area contributed by atoms with E-state index in [-0.39, 0.29) is 0 Å². The maximum atomic E-state index is 11.1. The van der Waals surface area contributed by atoms with Gasteiger partial charge in [0.2, 0.25) is 0 Å². The quantitative estimate of drug-likeness (QED) is 0.778. The molecule has 3 rings (SSSR count). The smallest absolute Gasteiger partial charge is 0.345 e. The van der Waals surface area contributed by atoms with Gasteiger partial charge in [0.15, 0.2) is 0 Å². The van der Waals surface area contributed by atoms with Crippen LogP contribution in [0.4, 0.5) is 0 Å². The number of hydrogen-bond acceptors (Lipinski definition) is 3. The van der Waals surface area contributed by atoms with Gasteiger partial charge >= 0.3 is 5.97 Å². The Morgan fingerprint density at radius 1 is 1.32 bits per heavy atom. The van der Waals surface area contributed by atoms with Crippen LogP contribution < -0.4 is 0 Å². The Kier molecular flexibility index (Phi) is 2.64. The maximum Gasteiger partial charge on any atom is 0.345 e. The molecule has 0 amide bonds. The predicted molar refractivity (Wildman–Crippen MR) is 75.4 cm³/mol. The summed E-state index contributed by atoms with van der Waals surface area (Å²) in [4.78, 5) is 12.3. The van der Waals surface area contributed by atoms with Gasteiger partial charge in [-0.05, 0) is 31.5 Å². The second-order valence-electron chi connectivity index (χ2n) is 4.42. The molecule has 4 nitrogen and oxygen atoms in total. The number of benzene rings is 1. The molecule has 0 bridgehead atoms. The number of carboxylic acid groups (broad SMARTS) is 1. The predicted octanol–water partition coefficient (Wildman–Crippen LogP) is 3.40. The summed E-state index contributed by atoms with van der Waals surface area (Å²) >= 11 is 1.26. The van der Waals surface area contributed by atoms with Crippen molar-refractivity contribution in [3.63, 3.8) is 0 Å². The molecular weight excluding hydrogens is 260 g/mol. The third kappa shape index (κ3) is 1.82. The van der Waals surface area contributed by atoms with Crippen molar-refractivity contribution >= 4 is 27.5 Å². The van der Waals surface area contributed by atoms with Crippen LogP contribution in [0.25, 0.3) is 15.9 Å². The van der Waals surface area contributed by atoms with E-state index < -0.39 is 5.97 Å².